The van der Waals surface area contributed by atoms with Gasteiger partial charge in [-0.05, 0) is 30.2 Å². The first kappa shape index (κ1) is 14.1. The number of nitrogens with zero attached hydrogens (tertiary/aromatic N) is 2. The third-order valence-electron chi connectivity index (χ3n) is 4.12. The van der Waals surface area contributed by atoms with Crippen molar-refractivity contribution in [1.82, 2.24) is 9.80 Å². The van der Waals surface area contributed by atoms with Crippen LogP contribution in [0.2, 0.25) is 0 Å². The van der Waals surface area contributed by atoms with Crippen LogP contribution in [-0.4, -0.2) is 49.1 Å². The monoisotopic (exact) mass is 289 g/mol. The van der Waals surface area contributed by atoms with Crippen LogP contribution in [0.25, 0.3) is 0 Å². The van der Waals surface area contributed by atoms with Gasteiger partial charge in [0.25, 0.3) is 0 Å². The smallest absolute Gasteiger partial charge is 0.0555 e. The van der Waals surface area contributed by atoms with Crippen molar-refractivity contribution in [2.24, 2.45) is 11.7 Å². The Hall–Kier alpha value is -0.860. The van der Waals surface area contributed by atoms with E-state index in [-0.39, 0.29) is 0 Å². The average molecular weight is 289 g/mol. The van der Waals surface area contributed by atoms with Crippen LogP contribution in [0.3, 0.4) is 0 Å². The Kier molecular flexibility index (Phi) is 4.74. The van der Waals surface area contributed by atoms with Gasteiger partial charge in [-0.15, -0.1) is 11.3 Å². The van der Waals surface area contributed by atoms with Gasteiger partial charge in [0.1, 0.15) is 0 Å². The molecule has 4 heteroatoms. The van der Waals surface area contributed by atoms with E-state index in [1.165, 1.54) is 56.0 Å². The van der Waals surface area contributed by atoms with Crippen molar-refractivity contribution in [3.05, 3.63) is 21.9 Å². The molecule has 2 aliphatic rings. The van der Waals surface area contributed by atoms with Crippen molar-refractivity contribution in [2.75, 3.05) is 39.3 Å². The zero-order valence-electron chi connectivity index (χ0n) is 12.0. The quantitative estimate of drug-likeness (QED) is 0.854. The van der Waals surface area contributed by atoms with Crippen molar-refractivity contribution in [2.45, 2.75) is 19.4 Å². The van der Waals surface area contributed by atoms with E-state index < -0.39 is 0 Å². The summed E-state index contributed by atoms with van der Waals surface area (Å²) in [6.45, 7) is 7.65. The lowest BCUT2D eigenvalue weighted by molar-refractivity contribution is 0.124. The van der Waals surface area contributed by atoms with E-state index >= 15 is 0 Å². The lowest BCUT2D eigenvalue weighted by Gasteiger charge is -2.34. The Morgan fingerprint density at radius 3 is 2.65 bits per heavy atom. The lowest BCUT2D eigenvalue weighted by atomic mass is 10.2. The molecule has 0 unspecified atom stereocenters. The zero-order valence-corrected chi connectivity index (χ0v) is 12.8. The molecule has 3 rings (SSSR count). The summed E-state index contributed by atoms with van der Waals surface area (Å²) >= 11 is 1.82. The molecule has 0 radical (unpaired) electrons. The fraction of sp³-hybridized carbons (Fsp3) is 0.625. The predicted molar refractivity (Wildman–Crippen MR) is 84.7 cm³/mol. The summed E-state index contributed by atoms with van der Waals surface area (Å²) in [4.78, 5) is 6.59. The minimum atomic E-state index is 0.440. The first-order chi connectivity index (χ1) is 9.85. The number of nitrogens with two attached hydrogens (primary N) is 1. The molecule has 3 nitrogen and oxygen atoms in total. The number of thiophene rings is 1. The summed E-state index contributed by atoms with van der Waals surface area (Å²) in [6.07, 6.45) is 2.91. The van der Waals surface area contributed by atoms with Crippen molar-refractivity contribution in [3.8, 4) is 11.8 Å². The summed E-state index contributed by atoms with van der Waals surface area (Å²) in [7, 11) is 0. The molecule has 2 heterocycles. The van der Waals surface area contributed by atoms with Crippen LogP contribution in [0.4, 0.5) is 0 Å². The maximum Gasteiger partial charge on any atom is 0.0555 e. The second kappa shape index (κ2) is 6.73. The second-order valence-electron chi connectivity index (χ2n) is 5.78. The second-order valence-corrected chi connectivity index (χ2v) is 6.78. The molecule has 1 aromatic rings. The fourth-order valence-electron chi connectivity index (χ4n) is 2.72. The predicted octanol–water partition coefficient (Wildman–Crippen LogP) is 1.59. The number of hydrogen-bond acceptors (Lipinski definition) is 4. The van der Waals surface area contributed by atoms with E-state index in [2.05, 4.69) is 33.1 Å². The molecular weight excluding hydrogens is 266 g/mol. The Balaban J connectivity index is 1.50. The highest BCUT2D eigenvalue weighted by atomic mass is 32.1. The van der Waals surface area contributed by atoms with Crippen LogP contribution in [0.1, 0.15) is 23.3 Å². The van der Waals surface area contributed by atoms with E-state index in [4.69, 9.17) is 5.73 Å². The molecule has 108 valence electrons. The number of piperazine rings is 1. The minimum Gasteiger partial charge on any atom is -0.320 e. The SMILES string of the molecule is NCC#Cc1ccsc1CN1CCN(CC2CC2)CC1. The van der Waals surface area contributed by atoms with Crippen molar-refractivity contribution < 1.29 is 0 Å². The third-order valence-corrected chi connectivity index (χ3v) is 5.02. The molecule has 0 spiro atoms. The van der Waals surface area contributed by atoms with Gasteiger partial charge in [0.15, 0.2) is 0 Å². The summed E-state index contributed by atoms with van der Waals surface area (Å²) in [5.41, 5.74) is 6.62. The molecule has 0 aromatic carbocycles. The van der Waals surface area contributed by atoms with Crippen LogP contribution in [-0.2, 0) is 6.54 Å². The topological polar surface area (TPSA) is 32.5 Å². The van der Waals surface area contributed by atoms with Crippen molar-refractivity contribution in [3.63, 3.8) is 0 Å². The highest BCUT2D eigenvalue weighted by Gasteiger charge is 2.26. The highest BCUT2D eigenvalue weighted by molar-refractivity contribution is 7.10. The van der Waals surface area contributed by atoms with Crippen LogP contribution in [0.15, 0.2) is 11.4 Å². The van der Waals surface area contributed by atoms with Gasteiger partial charge < -0.3 is 10.6 Å². The maximum absolute atomic E-state index is 5.45. The van der Waals surface area contributed by atoms with Crippen LogP contribution >= 0.6 is 11.3 Å². The fourth-order valence-corrected chi connectivity index (χ4v) is 3.59. The molecule has 1 aliphatic heterocycles. The van der Waals surface area contributed by atoms with E-state index in [1.807, 2.05) is 11.3 Å². The first-order valence-corrected chi connectivity index (χ1v) is 8.43. The molecule has 0 atom stereocenters. The van der Waals surface area contributed by atoms with E-state index in [0.717, 1.165) is 12.5 Å². The average Bonchev–Trinajstić information content (AvgIpc) is 3.17. The van der Waals surface area contributed by atoms with Gasteiger partial charge in [0.05, 0.1) is 6.54 Å². The number of hydrogen-bond donors (Lipinski definition) is 1. The van der Waals surface area contributed by atoms with Gasteiger partial charge >= 0.3 is 0 Å². The first-order valence-electron chi connectivity index (χ1n) is 7.55. The summed E-state index contributed by atoms with van der Waals surface area (Å²) in [5.74, 6) is 7.16. The molecule has 1 aromatic heterocycles. The Morgan fingerprint density at radius 2 is 1.95 bits per heavy atom. The van der Waals surface area contributed by atoms with Gasteiger partial charge in [0.2, 0.25) is 0 Å². The molecule has 0 bridgehead atoms. The van der Waals surface area contributed by atoms with E-state index in [9.17, 15) is 0 Å². The Bertz CT molecular complexity index is 487. The molecule has 1 saturated heterocycles. The molecule has 1 saturated carbocycles. The van der Waals surface area contributed by atoms with Crippen LogP contribution in [0, 0.1) is 17.8 Å². The lowest BCUT2D eigenvalue weighted by Crippen LogP contribution is -2.46. The molecule has 0 amide bonds. The maximum atomic E-state index is 5.45. The summed E-state index contributed by atoms with van der Waals surface area (Å²) < 4.78 is 0. The normalized spacial score (nSPS) is 20.6. The highest BCUT2D eigenvalue weighted by Crippen LogP contribution is 2.30. The summed E-state index contributed by atoms with van der Waals surface area (Å²) in [6, 6.07) is 2.12. The van der Waals surface area contributed by atoms with Gasteiger partial charge in [-0.3, -0.25) is 4.90 Å². The van der Waals surface area contributed by atoms with Crippen LogP contribution in [0.5, 0.6) is 0 Å². The molecule has 2 fully saturated rings. The standard InChI is InChI=1S/C16H23N3S/c17-6-1-2-15-5-11-20-16(15)13-19-9-7-18(8-10-19)12-14-3-4-14/h5,11,14H,3-4,6-10,12-13,17H2. The van der Waals surface area contributed by atoms with Gasteiger partial charge in [-0.25, -0.2) is 0 Å². The molecule has 1 aliphatic carbocycles. The minimum absolute atomic E-state index is 0.440. The Morgan fingerprint density at radius 1 is 1.20 bits per heavy atom. The molecule has 20 heavy (non-hydrogen) atoms. The van der Waals surface area contributed by atoms with Gasteiger partial charge in [0, 0.05) is 49.7 Å². The van der Waals surface area contributed by atoms with Gasteiger partial charge in [-0.2, -0.15) is 0 Å². The van der Waals surface area contributed by atoms with Crippen molar-refractivity contribution in [1.29, 1.82) is 0 Å². The number of rotatable bonds is 4. The summed E-state index contributed by atoms with van der Waals surface area (Å²) in [5, 5.41) is 2.14. The zero-order chi connectivity index (χ0) is 13.8. The third kappa shape index (κ3) is 3.83. The Labute approximate surface area is 125 Å². The van der Waals surface area contributed by atoms with Crippen molar-refractivity contribution >= 4 is 11.3 Å². The molecule has 2 N–H and O–H groups in total. The largest absolute Gasteiger partial charge is 0.320 e. The van der Waals surface area contributed by atoms with E-state index in [1.54, 1.807) is 0 Å². The molecular formula is C16H23N3S. The van der Waals surface area contributed by atoms with E-state index in [0.29, 0.717) is 6.54 Å². The van der Waals surface area contributed by atoms with Crippen LogP contribution < -0.4 is 5.73 Å². The van der Waals surface area contributed by atoms with Gasteiger partial charge in [-0.1, -0.05) is 11.8 Å².